The molecule has 1 unspecified atom stereocenters. The number of hydrogen-bond acceptors (Lipinski definition) is 4. The minimum atomic E-state index is -0.819. The Kier molecular flexibility index (Phi) is 6.81. The van der Waals surface area contributed by atoms with E-state index in [1.54, 1.807) is 0 Å². The molecule has 2 fully saturated rings. The zero-order valence-corrected chi connectivity index (χ0v) is 17.8. The second-order valence-corrected chi connectivity index (χ2v) is 8.54. The van der Waals surface area contributed by atoms with Crippen LogP contribution >= 0.6 is 0 Å². The number of likely N-dealkylation sites (tertiary alicyclic amines) is 1. The molecule has 32 heavy (non-hydrogen) atoms. The van der Waals surface area contributed by atoms with Crippen molar-refractivity contribution in [1.82, 2.24) is 10.2 Å². The van der Waals surface area contributed by atoms with Gasteiger partial charge in [-0.25, -0.2) is 8.78 Å². The van der Waals surface area contributed by atoms with Crippen LogP contribution in [-0.4, -0.2) is 47.6 Å². The number of anilines is 1. The van der Waals surface area contributed by atoms with Crippen LogP contribution in [0.3, 0.4) is 0 Å². The van der Waals surface area contributed by atoms with E-state index in [2.05, 4.69) is 10.2 Å². The van der Waals surface area contributed by atoms with Gasteiger partial charge in [-0.1, -0.05) is 24.3 Å². The van der Waals surface area contributed by atoms with Gasteiger partial charge in [0.25, 0.3) is 0 Å². The first kappa shape index (κ1) is 22.4. The predicted octanol–water partition coefficient (Wildman–Crippen LogP) is 2.59. The molecule has 170 valence electrons. The summed E-state index contributed by atoms with van der Waals surface area (Å²) in [5.74, 6) is -2.74. The van der Waals surface area contributed by atoms with Crippen LogP contribution in [-0.2, 0) is 22.7 Å². The number of nitrogens with zero attached hydrogens (tertiary/aromatic N) is 2. The Labute approximate surface area is 185 Å². The largest absolute Gasteiger partial charge is 0.393 e. The van der Waals surface area contributed by atoms with E-state index >= 15 is 0 Å². The maximum Gasteiger partial charge on any atom is 0.227 e. The summed E-state index contributed by atoms with van der Waals surface area (Å²) in [7, 11) is 0. The fourth-order valence-corrected chi connectivity index (χ4v) is 4.25. The highest BCUT2D eigenvalue weighted by Gasteiger charge is 2.36. The first-order chi connectivity index (χ1) is 15.4. The molecule has 2 aromatic rings. The summed E-state index contributed by atoms with van der Waals surface area (Å²) in [4.78, 5) is 28.4. The van der Waals surface area contributed by atoms with E-state index in [1.165, 1.54) is 16.5 Å². The van der Waals surface area contributed by atoms with Crippen LogP contribution in [0, 0.1) is 17.6 Å². The molecule has 2 aliphatic rings. The molecule has 0 saturated carbocycles. The molecular weight excluding hydrogens is 416 g/mol. The third-order valence-electron chi connectivity index (χ3n) is 6.15. The molecule has 2 amide bonds. The smallest absolute Gasteiger partial charge is 0.227 e. The Balaban J connectivity index is 1.28. The van der Waals surface area contributed by atoms with E-state index in [0.717, 1.165) is 50.2 Å². The Morgan fingerprint density at radius 1 is 1.06 bits per heavy atom. The predicted molar refractivity (Wildman–Crippen MR) is 116 cm³/mol. The van der Waals surface area contributed by atoms with E-state index in [9.17, 15) is 23.5 Å². The molecule has 2 aromatic carbocycles. The van der Waals surface area contributed by atoms with Crippen molar-refractivity contribution >= 4 is 17.5 Å². The normalized spacial score (nSPS) is 20.0. The lowest BCUT2D eigenvalue weighted by molar-refractivity contribution is -0.126. The van der Waals surface area contributed by atoms with Gasteiger partial charge < -0.3 is 15.3 Å². The lowest BCUT2D eigenvalue weighted by Gasteiger charge is -2.29. The van der Waals surface area contributed by atoms with Gasteiger partial charge in [0.1, 0.15) is 11.6 Å². The molecule has 1 atom stereocenters. The van der Waals surface area contributed by atoms with Gasteiger partial charge in [0.15, 0.2) is 0 Å². The molecule has 2 saturated heterocycles. The molecule has 0 bridgehead atoms. The molecule has 0 aromatic heterocycles. The molecule has 0 spiro atoms. The Morgan fingerprint density at radius 3 is 2.44 bits per heavy atom. The highest BCUT2D eigenvalue weighted by molar-refractivity contribution is 6.00. The van der Waals surface area contributed by atoms with Crippen molar-refractivity contribution in [1.29, 1.82) is 0 Å². The Hall–Kier alpha value is -2.84. The van der Waals surface area contributed by atoms with Crippen LogP contribution in [0.15, 0.2) is 42.5 Å². The van der Waals surface area contributed by atoms with E-state index in [1.807, 2.05) is 24.3 Å². The topological polar surface area (TPSA) is 72.9 Å². The zero-order chi connectivity index (χ0) is 22.7. The summed E-state index contributed by atoms with van der Waals surface area (Å²) in [6.45, 7) is 3.01. The van der Waals surface area contributed by atoms with E-state index < -0.39 is 17.6 Å². The number of halogens is 2. The molecule has 2 heterocycles. The summed E-state index contributed by atoms with van der Waals surface area (Å²) in [5, 5.41) is 12.5. The summed E-state index contributed by atoms with van der Waals surface area (Å²) in [6, 6.07) is 11.0. The SMILES string of the molecule is O=C(NCc1ccc(CN2CCC(O)CC2)cc1)C1CC(=O)N(c2ccc(F)cc2F)C1. The van der Waals surface area contributed by atoms with Crippen LogP contribution in [0.1, 0.15) is 30.4 Å². The number of aliphatic hydroxyl groups is 1. The quantitative estimate of drug-likeness (QED) is 0.720. The fourth-order valence-electron chi connectivity index (χ4n) is 4.25. The van der Waals surface area contributed by atoms with Gasteiger partial charge in [0.2, 0.25) is 11.8 Å². The number of nitrogens with one attached hydrogen (secondary N) is 1. The summed E-state index contributed by atoms with van der Waals surface area (Å²) >= 11 is 0. The molecular formula is C24H27F2N3O3. The van der Waals surface area contributed by atoms with Crippen molar-refractivity contribution in [2.45, 2.75) is 38.5 Å². The second-order valence-electron chi connectivity index (χ2n) is 8.54. The van der Waals surface area contributed by atoms with Gasteiger partial charge in [-0.2, -0.15) is 0 Å². The minimum Gasteiger partial charge on any atom is -0.393 e. The van der Waals surface area contributed by atoms with Crippen LogP contribution in [0.2, 0.25) is 0 Å². The minimum absolute atomic E-state index is 0.00782. The average molecular weight is 443 g/mol. The summed E-state index contributed by atoms with van der Waals surface area (Å²) in [6.07, 6.45) is 1.42. The maximum atomic E-state index is 14.0. The number of benzene rings is 2. The first-order valence-electron chi connectivity index (χ1n) is 10.9. The number of aliphatic hydroxyl groups excluding tert-OH is 1. The van der Waals surface area contributed by atoms with Gasteiger partial charge in [-0.15, -0.1) is 0 Å². The van der Waals surface area contributed by atoms with Gasteiger partial charge in [-0.05, 0) is 36.1 Å². The van der Waals surface area contributed by atoms with Gasteiger partial charge in [-0.3, -0.25) is 14.5 Å². The molecule has 8 heteroatoms. The third-order valence-corrected chi connectivity index (χ3v) is 6.15. The van der Waals surface area contributed by atoms with Crippen LogP contribution in [0.4, 0.5) is 14.5 Å². The van der Waals surface area contributed by atoms with Crippen molar-refractivity contribution in [3.05, 3.63) is 65.2 Å². The fraction of sp³-hybridized carbons (Fsp3) is 0.417. The highest BCUT2D eigenvalue weighted by Crippen LogP contribution is 2.28. The molecule has 6 nitrogen and oxygen atoms in total. The molecule has 2 aliphatic heterocycles. The van der Waals surface area contributed by atoms with E-state index in [4.69, 9.17) is 0 Å². The lowest BCUT2D eigenvalue weighted by atomic mass is 10.1. The van der Waals surface area contributed by atoms with E-state index in [-0.39, 0.29) is 36.6 Å². The monoisotopic (exact) mass is 443 g/mol. The molecule has 0 radical (unpaired) electrons. The number of hydrogen-bond donors (Lipinski definition) is 2. The summed E-state index contributed by atoms with van der Waals surface area (Å²) in [5.41, 5.74) is 2.11. The first-order valence-corrected chi connectivity index (χ1v) is 10.9. The maximum absolute atomic E-state index is 14.0. The standard InChI is InChI=1S/C24H27F2N3O3/c25-19-5-6-22(21(26)12-19)29-15-18(11-23(29)31)24(32)27-13-16-1-3-17(4-2-16)14-28-9-7-20(30)8-10-28/h1-6,12,18,20,30H,7-11,13-15H2,(H,27,32). The van der Waals surface area contributed by atoms with Gasteiger partial charge in [0, 0.05) is 45.2 Å². The summed E-state index contributed by atoms with van der Waals surface area (Å²) < 4.78 is 27.2. The van der Waals surface area contributed by atoms with Crippen molar-refractivity contribution in [3.8, 4) is 0 Å². The molecule has 2 N–H and O–H groups in total. The Bertz CT molecular complexity index is 975. The molecule has 0 aliphatic carbocycles. The van der Waals surface area contributed by atoms with Crippen LogP contribution in [0.25, 0.3) is 0 Å². The second kappa shape index (κ2) is 9.75. The number of rotatable bonds is 6. The number of carbonyl (C=O) groups is 2. The Morgan fingerprint density at radius 2 is 1.75 bits per heavy atom. The number of amides is 2. The van der Waals surface area contributed by atoms with E-state index in [0.29, 0.717) is 6.54 Å². The van der Waals surface area contributed by atoms with Gasteiger partial charge >= 0.3 is 0 Å². The average Bonchev–Trinajstić information content (AvgIpc) is 3.16. The van der Waals surface area contributed by atoms with Crippen molar-refractivity contribution in [3.63, 3.8) is 0 Å². The van der Waals surface area contributed by atoms with Crippen LogP contribution in [0.5, 0.6) is 0 Å². The van der Waals surface area contributed by atoms with Crippen molar-refractivity contribution in [2.24, 2.45) is 5.92 Å². The number of piperidine rings is 1. The number of carbonyl (C=O) groups excluding carboxylic acids is 2. The highest BCUT2D eigenvalue weighted by atomic mass is 19.1. The third kappa shape index (κ3) is 5.31. The van der Waals surface area contributed by atoms with Crippen molar-refractivity contribution in [2.75, 3.05) is 24.5 Å². The zero-order valence-electron chi connectivity index (χ0n) is 17.8. The van der Waals surface area contributed by atoms with Gasteiger partial charge in [0.05, 0.1) is 17.7 Å². The molecule has 4 rings (SSSR count). The van der Waals surface area contributed by atoms with Crippen LogP contribution < -0.4 is 10.2 Å². The lowest BCUT2D eigenvalue weighted by Crippen LogP contribution is -2.35. The van der Waals surface area contributed by atoms with Crippen molar-refractivity contribution < 1.29 is 23.5 Å².